The van der Waals surface area contributed by atoms with Crippen LogP contribution in [0.3, 0.4) is 0 Å². The summed E-state index contributed by atoms with van der Waals surface area (Å²) in [5.41, 5.74) is -0.491. The lowest BCUT2D eigenvalue weighted by atomic mass is 10.1. The summed E-state index contributed by atoms with van der Waals surface area (Å²) in [6.45, 7) is 6.69. The number of hydrogen-bond acceptors (Lipinski definition) is 3. The van der Waals surface area contributed by atoms with Crippen molar-refractivity contribution in [3.63, 3.8) is 0 Å². The molecule has 0 aromatic heterocycles. The topological polar surface area (TPSA) is 38.8 Å². The van der Waals surface area contributed by atoms with E-state index in [0.717, 1.165) is 0 Å². The largest absolute Gasteiger partial charge is 0.490 e. The van der Waals surface area contributed by atoms with Gasteiger partial charge in [-0.1, -0.05) is 11.6 Å². The summed E-state index contributed by atoms with van der Waals surface area (Å²) < 4.78 is 24.2. The first kappa shape index (κ1) is 16.9. The lowest BCUT2D eigenvalue weighted by Gasteiger charge is -2.33. The minimum atomic E-state index is -0.491. The molecule has 0 saturated carbocycles. The number of hydrogen-bond donors (Lipinski definition) is 0. The zero-order chi connectivity index (χ0) is 16.3. The van der Waals surface area contributed by atoms with Gasteiger partial charge in [0.15, 0.2) is 0 Å². The fourth-order valence-electron chi connectivity index (χ4n) is 2.23. The van der Waals surface area contributed by atoms with Crippen LogP contribution in [0.15, 0.2) is 18.2 Å². The van der Waals surface area contributed by atoms with Crippen molar-refractivity contribution in [3.05, 3.63) is 29.0 Å². The Morgan fingerprint density at radius 3 is 2.50 bits per heavy atom. The molecule has 1 heterocycles. The summed E-state index contributed by atoms with van der Waals surface area (Å²) in [5, 5.41) is 0.0451. The van der Waals surface area contributed by atoms with Gasteiger partial charge in [0.1, 0.15) is 23.3 Å². The number of piperidine rings is 1. The molecule has 0 spiro atoms. The van der Waals surface area contributed by atoms with E-state index in [2.05, 4.69) is 0 Å². The Hall–Kier alpha value is -1.49. The van der Waals surface area contributed by atoms with E-state index < -0.39 is 11.4 Å². The highest BCUT2D eigenvalue weighted by Crippen LogP contribution is 2.24. The number of rotatable bonds is 2. The molecule has 0 radical (unpaired) electrons. The predicted molar refractivity (Wildman–Crippen MR) is 82.9 cm³/mol. The summed E-state index contributed by atoms with van der Waals surface area (Å²) >= 11 is 5.73. The molecule has 0 N–H and O–H groups in total. The molecule has 1 aliphatic heterocycles. The zero-order valence-electron chi connectivity index (χ0n) is 13.1. The maximum atomic E-state index is 13.1. The summed E-state index contributed by atoms with van der Waals surface area (Å²) in [6.07, 6.45) is 1.10. The molecule has 1 fully saturated rings. The molecular formula is C16H21ClFNO3. The number of carbonyl (C=O) groups is 1. The van der Waals surface area contributed by atoms with Gasteiger partial charge in [-0.2, -0.15) is 0 Å². The van der Waals surface area contributed by atoms with Gasteiger partial charge in [-0.3, -0.25) is 0 Å². The van der Waals surface area contributed by atoms with E-state index in [0.29, 0.717) is 31.7 Å². The van der Waals surface area contributed by atoms with Crippen LogP contribution in [0.2, 0.25) is 5.02 Å². The maximum Gasteiger partial charge on any atom is 0.410 e. The van der Waals surface area contributed by atoms with E-state index in [1.54, 1.807) is 11.0 Å². The lowest BCUT2D eigenvalue weighted by Crippen LogP contribution is -2.44. The van der Waals surface area contributed by atoms with Gasteiger partial charge < -0.3 is 14.4 Å². The Morgan fingerprint density at radius 2 is 1.95 bits per heavy atom. The van der Waals surface area contributed by atoms with Crippen molar-refractivity contribution < 1.29 is 18.7 Å². The molecule has 1 aliphatic rings. The lowest BCUT2D eigenvalue weighted by molar-refractivity contribution is 0.0126. The van der Waals surface area contributed by atoms with Gasteiger partial charge in [0.25, 0.3) is 0 Å². The number of ether oxygens (including phenoxy) is 2. The average molecular weight is 330 g/mol. The number of carbonyl (C=O) groups excluding carboxylic acids is 1. The van der Waals surface area contributed by atoms with Crippen LogP contribution in [0, 0.1) is 5.82 Å². The van der Waals surface area contributed by atoms with E-state index in [9.17, 15) is 9.18 Å². The zero-order valence-corrected chi connectivity index (χ0v) is 13.8. The van der Waals surface area contributed by atoms with Crippen LogP contribution in [0.25, 0.3) is 0 Å². The van der Waals surface area contributed by atoms with Crippen LogP contribution in [0.1, 0.15) is 33.6 Å². The van der Waals surface area contributed by atoms with Crippen LogP contribution in [-0.2, 0) is 4.74 Å². The second-order valence-electron chi connectivity index (χ2n) is 6.36. The number of amides is 1. The number of benzene rings is 1. The highest BCUT2D eigenvalue weighted by Gasteiger charge is 2.27. The first-order chi connectivity index (χ1) is 10.2. The highest BCUT2D eigenvalue weighted by atomic mass is 35.5. The van der Waals surface area contributed by atoms with E-state index in [-0.39, 0.29) is 17.2 Å². The van der Waals surface area contributed by atoms with E-state index in [4.69, 9.17) is 21.1 Å². The fourth-order valence-corrected chi connectivity index (χ4v) is 2.40. The third kappa shape index (κ3) is 4.77. The summed E-state index contributed by atoms with van der Waals surface area (Å²) in [4.78, 5) is 13.6. The van der Waals surface area contributed by atoms with Crippen molar-refractivity contribution in [2.75, 3.05) is 13.1 Å². The number of halogens is 2. The van der Waals surface area contributed by atoms with Crippen LogP contribution in [-0.4, -0.2) is 35.8 Å². The molecule has 6 heteroatoms. The van der Waals surface area contributed by atoms with Gasteiger partial charge in [0.05, 0.1) is 5.02 Å². The smallest absolute Gasteiger partial charge is 0.410 e. The van der Waals surface area contributed by atoms with Crippen molar-refractivity contribution in [1.82, 2.24) is 4.90 Å². The van der Waals surface area contributed by atoms with Gasteiger partial charge in [-0.25, -0.2) is 9.18 Å². The molecule has 0 bridgehead atoms. The summed E-state index contributed by atoms with van der Waals surface area (Å²) in [7, 11) is 0. The monoisotopic (exact) mass is 329 g/mol. The van der Waals surface area contributed by atoms with Gasteiger partial charge in [0.2, 0.25) is 0 Å². The molecule has 122 valence electrons. The minimum absolute atomic E-state index is 0.0137. The first-order valence-electron chi connectivity index (χ1n) is 7.34. The molecule has 2 rings (SSSR count). The Bertz CT molecular complexity index is 537. The van der Waals surface area contributed by atoms with Crippen LogP contribution in [0.5, 0.6) is 5.75 Å². The molecule has 1 aromatic carbocycles. The predicted octanol–water partition coefficient (Wildman–Crippen LogP) is 4.26. The third-order valence-corrected chi connectivity index (χ3v) is 3.58. The van der Waals surface area contributed by atoms with Crippen molar-refractivity contribution in [2.45, 2.75) is 45.3 Å². The number of likely N-dealkylation sites (tertiary alicyclic amines) is 1. The Kier molecular flexibility index (Phi) is 5.16. The molecule has 1 amide bonds. The maximum absolute atomic E-state index is 13.1. The molecule has 0 aliphatic carbocycles. The van der Waals surface area contributed by atoms with E-state index in [1.807, 2.05) is 20.8 Å². The quantitative estimate of drug-likeness (QED) is 0.814. The molecular weight excluding hydrogens is 309 g/mol. The molecule has 0 atom stereocenters. The minimum Gasteiger partial charge on any atom is -0.490 e. The van der Waals surface area contributed by atoms with Crippen molar-refractivity contribution in [2.24, 2.45) is 0 Å². The standard InChI is InChI=1S/C16H21ClFNO3/c1-16(2,3)22-15(20)19-8-6-11(7-9-19)21-12-4-5-14(18)13(17)10-12/h4-5,10-11H,6-9H2,1-3H3. The van der Waals surface area contributed by atoms with Gasteiger partial charge in [-0.05, 0) is 32.9 Å². The summed E-state index contributed by atoms with van der Waals surface area (Å²) in [6, 6.07) is 4.31. The van der Waals surface area contributed by atoms with Crippen molar-refractivity contribution in [3.8, 4) is 5.75 Å². The van der Waals surface area contributed by atoms with Crippen molar-refractivity contribution >= 4 is 17.7 Å². The first-order valence-corrected chi connectivity index (χ1v) is 7.72. The van der Waals surface area contributed by atoms with E-state index in [1.165, 1.54) is 12.1 Å². The van der Waals surface area contributed by atoms with Crippen LogP contribution >= 0.6 is 11.6 Å². The Balaban J connectivity index is 1.84. The van der Waals surface area contributed by atoms with Gasteiger partial charge >= 0.3 is 6.09 Å². The normalized spacial score (nSPS) is 16.5. The SMILES string of the molecule is CC(C)(C)OC(=O)N1CCC(Oc2ccc(F)c(Cl)c2)CC1. The third-order valence-electron chi connectivity index (χ3n) is 3.29. The molecule has 1 saturated heterocycles. The van der Waals surface area contributed by atoms with Crippen LogP contribution < -0.4 is 4.74 Å². The van der Waals surface area contributed by atoms with Gasteiger partial charge in [0, 0.05) is 32.0 Å². The second-order valence-corrected chi connectivity index (χ2v) is 6.77. The molecule has 0 unspecified atom stereocenters. The highest BCUT2D eigenvalue weighted by molar-refractivity contribution is 6.30. The molecule has 4 nitrogen and oxygen atoms in total. The van der Waals surface area contributed by atoms with Crippen LogP contribution in [0.4, 0.5) is 9.18 Å². The molecule has 1 aromatic rings. The fraction of sp³-hybridized carbons (Fsp3) is 0.562. The molecule has 22 heavy (non-hydrogen) atoms. The van der Waals surface area contributed by atoms with E-state index >= 15 is 0 Å². The number of nitrogens with zero attached hydrogens (tertiary/aromatic N) is 1. The Morgan fingerprint density at radius 1 is 1.32 bits per heavy atom. The van der Waals surface area contributed by atoms with Gasteiger partial charge in [-0.15, -0.1) is 0 Å². The average Bonchev–Trinajstić information content (AvgIpc) is 2.42. The Labute approximate surface area is 135 Å². The van der Waals surface area contributed by atoms with Crippen molar-refractivity contribution in [1.29, 1.82) is 0 Å². The second kappa shape index (κ2) is 6.73. The summed E-state index contributed by atoms with van der Waals surface area (Å²) in [5.74, 6) is 0.0795.